The van der Waals surface area contributed by atoms with Crippen LogP contribution in [0.25, 0.3) is 0 Å². The van der Waals surface area contributed by atoms with E-state index in [-0.39, 0.29) is 43.3 Å². The Morgan fingerprint density at radius 3 is 2.34 bits per heavy atom. The molecule has 0 radical (unpaired) electrons. The molecule has 0 bridgehead atoms. The molecule has 0 unspecified atom stereocenters. The normalized spacial score (nSPS) is 14.6. The summed E-state index contributed by atoms with van der Waals surface area (Å²) < 4.78 is 32.1. The second-order valence-electron chi connectivity index (χ2n) is 9.63. The molecule has 2 aromatic carbocycles. The molecule has 0 aromatic heterocycles. The molecule has 2 amide bonds. The Labute approximate surface area is 231 Å². The molecular weight excluding hydrogens is 526 g/mol. The zero-order chi connectivity index (χ0) is 27.7. The van der Waals surface area contributed by atoms with Crippen LogP contribution in [-0.4, -0.2) is 86.0 Å². The second kappa shape index (κ2) is 14.1. The first kappa shape index (κ1) is 30.1. The monoisotopic (exact) mass is 563 g/mol. The largest absolute Gasteiger partial charge is 0.383 e. The first-order valence-electron chi connectivity index (χ1n) is 13.0. The predicted octanol–water partition coefficient (Wildman–Crippen LogP) is 3.97. The van der Waals surface area contributed by atoms with Crippen molar-refractivity contribution in [1.82, 2.24) is 14.1 Å². The Bertz CT molecular complexity index is 1180. The van der Waals surface area contributed by atoms with E-state index in [1.165, 1.54) is 11.4 Å². The van der Waals surface area contributed by atoms with Crippen LogP contribution in [0.3, 0.4) is 0 Å². The van der Waals surface area contributed by atoms with E-state index < -0.39 is 10.0 Å². The lowest BCUT2D eigenvalue weighted by atomic mass is 10.00. The lowest BCUT2D eigenvalue weighted by molar-refractivity contribution is -0.135. The van der Waals surface area contributed by atoms with Crippen molar-refractivity contribution in [3.05, 3.63) is 70.2 Å². The summed E-state index contributed by atoms with van der Waals surface area (Å²) in [6.45, 7) is 5.16. The summed E-state index contributed by atoms with van der Waals surface area (Å²) in [5.41, 5.74) is 2.53. The van der Waals surface area contributed by atoms with E-state index in [0.29, 0.717) is 49.5 Å². The summed E-state index contributed by atoms with van der Waals surface area (Å²) in [5, 5.41) is 0.603. The summed E-state index contributed by atoms with van der Waals surface area (Å²) >= 11 is 6.06. The van der Waals surface area contributed by atoms with Crippen LogP contribution in [-0.2, 0) is 26.1 Å². The number of benzene rings is 2. The Balaban J connectivity index is 1.78. The van der Waals surface area contributed by atoms with Gasteiger partial charge in [0.1, 0.15) is 0 Å². The van der Waals surface area contributed by atoms with Gasteiger partial charge in [0.15, 0.2) is 0 Å². The van der Waals surface area contributed by atoms with Crippen molar-refractivity contribution in [3.8, 4) is 0 Å². The van der Waals surface area contributed by atoms with E-state index in [9.17, 15) is 18.0 Å². The standard InChI is InChI=1S/C28H38ClN3O5S/c1-4-19-38(35,36)31(17-18-37-3)21-27(33)32(20-23-9-11-24(29)12-10-23)25-13-15-30(16-14-25)28(34)26-8-6-5-7-22(26)2/h5-12,25H,4,13-21H2,1-3H3. The quantitative estimate of drug-likeness (QED) is 0.390. The zero-order valence-electron chi connectivity index (χ0n) is 22.4. The molecule has 38 heavy (non-hydrogen) atoms. The number of likely N-dealkylation sites (tertiary alicyclic amines) is 1. The molecule has 3 rings (SSSR count). The van der Waals surface area contributed by atoms with Crippen LogP contribution >= 0.6 is 11.6 Å². The van der Waals surface area contributed by atoms with E-state index >= 15 is 0 Å². The Morgan fingerprint density at radius 1 is 1.08 bits per heavy atom. The molecule has 8 nitrogen and oxygen atoms in total. The fraction of sp³-hybridized carbons (Fsp3) is 0.500. The lowest BCUT2D eigenvalue weighted by Crippen LogP contribution is -2.51. The third-order valence-corrected chi connectivity index (χ3v) is 9.14. The molecule has 2 aromatic rings. The third kappa shape index (κ3) is 8.02. The Morgan fingerprint density at radius 2 is 1.74 bits per heavy atom. The molecule has 0 saturated carbocycles. The molecule has 0 atom stereocenters. The number of aryl methyl sites for hydroxylation is 1. The number of piperidine rings is 1. The fourth-order valence-corrected chi connectivity index (χ4v) is 6.27. The summed E-state index contributed by atoms with van der Waals surface area (Å²) in [6, 6.07) is 14.7. The number of hydrogen-bond acceptors (Lipinski definition) is 5. The molecule has 1 aliphatic heterocycles. The van der Waals surface area contributed by atoms with Crippen LogP contribution in [0.5, 0.6) is 0 Å². The summed E-state index contributed by atoms with van der Waals surface area (Å²) in [4.78, 5) is 30.4. The molecule has 1 aliphatic rings. The number of rotatable bonds is 12. The molecule has 1 heterocycles. The zero-order valence-corrected chi connectivity index (χ0v) is 24.0. The van der Waals surface area contributed by atoms with Crippen molar-refractivity contribution >= 4 is 33.4 Å². The SMILES string of the molecule is CCCS(=O)(=O)N(CCOC)CC(=O)N(Cc1ccc(Cl)cc1)C1CCN(C(=O)c2ccccc2C)CC1. The lowest BCUT2D eigenvalue weighted by Gasteiger charge is -2.39. The first-order chi connectivity index (χ1) is 18.2. The van der Waals surface area contributed by atoms with Crippen molar-refractivity contribution in [2.75, 3.05) is 45.6 Å². The van der Waals surface area contributed by atoms with Gasteiger partial charge in [-0.15, -0.1) is 0 Å². The number of hydrogen-bond donors (Lipinski definition) is 0. The maximum Gasteiger partial charge on any atom is 0.254 e. The predicted molar refractivity (Wildman–Crippen MR) is 150 cm³/mol. The maximum absolute atomic E-state index is 13.7. The van der Waals surface area contributed by atoms with E-state index in [2.05, 4.69) is 0 Å². The second-order valence-corrected chi connectivity index (χ2v) is 12.2. The minimum atomic E-state index is -3.60. The van der Waals surface area contributed by atoms with Crippen LogP contribution < -0.4 is 0 Å². The molecule has 1 fully saturated rings. The average Bonchev–Trinajstić information content (AvgIpc) is 2.90. The van der Waals surface area contributed by atoms with Gasteiger partial charge in [0.2, 0.25) is 15.9 Å². The third-order valence-electron chi connectivity index (χ3n) is 6.87. The van der Waals surface area contributed by atoms with Crippen molar-refractivity contribution in [1.29, 1.82) is 0 Å². The van der Waals surface area contributed by atoms with E-state index in [0.717, 1.165) is 11.1 Å². The average molecular weight is 564 g/mol. The number of sulfonamides is 1. The van der Waals surface area contributed by atoms with E-state index in [4.69, 9.17) is 16.3 Å². The van der Waals surface area contributed by atoms with Crippen molar-refractivity contribution in [2.45, 2.75) is 45.7 Å². The van der Waals surface area contributed by atoms with Crippen molar-refractivity contribution < 1.29 is 22.7 Å². The van der Waals surface area contributed by atoms with Crippen LogP contribution in [0, 0.1) is 6.92 Å². The van der Waals surface area contributed by atoms with Crippen molar-refractivity contribution in [3.63, 3.8) is 0 Å². The molecule has 0 N–H and O–H groups in total. The summed E-state index contributed by atoms with van der Waals surface area (Å²) in [5.74, 6) is -0.298. The van der Waals surface area contributed by atoms with E-state index in [1.54, 1.807) is 24.0 Å². The number of amides is 2. The highest BCUT2D eigenvalue weighted by atomic mass is 35.5. The first-order valence-corrected chi connectivity index (χ1v) is 15.0. The Kier molecular flexibility index (Phi) is 11.1. The highest BCUT2D eigenvalue weighted by molar-refractivity contribution is 7.89. The summed E-state index contributed by atoms with van der Waals surface area (Å²) in [7, 11) is -2.10. The van der Waals surface area contributed by atoms with Gasteiger partial charge in [-0.1, -0.05) is 48.9 Å². The molecule has 0 spiro atoms. The van der Waals surface area contributed by atoms with Crippen LogP contribution in [0.4, 0.5) is 0 Å². The number of carbonyl (C=O) groups is 2. The molecule has 1 saturated heterocycles. The van der Waals surface area contributed by atoms with Gasteiger partial charge in [-0.3, -0.25) is 9.59 Å². The van der Waals surface area contributed by atoms with Gasteiger partial charge in [-0.05, 0) is 55.5 Å². The van der Waals surface area contributed by atoms with Gasteiger partial charge < -0.3 is 14.5 Å². The van der Waals surface area contributed by atoms with Crippen LogP contribution in [0.1, 0.15) is 47.7 Å². The van der Waals surface area contributed by atoms with E-state index in [1.807, 2.05) is 48.2 Å². The van der Waals surface area contributed by atoms with Gasteiger partial charge in [-0.25, -0.2) is 8.42 Å². The minimum absolute atomic E-state index is 0.00599. The van der Waals surface area contributed by atoms with Crippen molar-refractivity contribution in [2.24, 2.45) is 0 Å². The van der Waals surface area contributed by atoms with Crippen LogP contribution in [0.2, 0.25) is 5.02 Å². The maximum atomic E-state index is 13.7. The molecule has 0 aliphatic carbocycles. The number of methoxy groups -OCH3 is 1. The smallest absolute Gasteiger partial charge is 0.254 e. The highest BCUT2D eigenvalue weighted by Crippen LogP contribution is 2.23. The van der Waals surface area contributed by atoms with Gasteiger partial charge in [0.25, 0.3) is 5.91 Å². The van der Waals surface area contributed by atoms with Crippen LogP contribution in [0.15, 0.2) is 48.5 Å². The highest BCUT2D eigenvalue weighted by Gasteiger charge is 2.33. The molecular formula is C28H38ClN3O5S. The topological polar surface area (TPSA) is 87.2 Å². The summed E-state index contributed by atoms with van der Waals surface area (Å²) in [6.07, 6.45) is 1.68. The van der Waals surface area contributed by atoms with Gasteiger partial charge in [-0.2, -0.15) is 4.31 Å². The van der Waals surface area contributed by atoms with Gasteiger partial charge in [0, 0.05) is 49.9 Å². The number of nitrogens with zero attached hydrogens (tertiary/aromatic N) is 3. The van der Waals surface area contributed by atoms with Gasteiger partial charge >= 0.3 is 0 Å². The number of carbonyl (C=O) groups excluding carboxylic acids is 2. The number of ether oxygens (including phenoxy) is 1. The molecule has 208 valence electrons. The minimum Gasteiger partial charge on any atom is -0.383 e. The Hall–Kier alpha value is -2.46. The van der Waals surface area contributed by atoms with Gasteiger partial charge in [0.05, 0.1) is 18.9 Å². The number of halogens is 1. The molecule has 10 heteroatoms. The fourth-order valence-electron chi connectivity index (χ4n) is 4.71.